The van der Waals surface area contributed by atoms with Gasteiger partial charge in [-0.3, -0.25) is 9.80 Å². The minimum Gasteiger partial charge on any atom is -0.396 e. The van der Waals surface area contributed by atoms with Crippen molar-refractivity contribution in [3.8, 4) is 11.3 Å². The first-order valence-corrected chi connectivity index (χ1v) is 10.9. The molecule has 1 fully saturated rings. The number of nitrogens with zero attached hydrogens (tertiary/aromatic N) is 3. The van der Waals surface area contributed by atoms with E-state index in [2.05, 4.69) is 27.3 Å². The van der Waals surface area contributed by atoms with E-state index >= 15 is 0 Å². The molecule has 4 rings (SSSR count). The molecule has 0 bridgehead atoms. The molecule has 2 aromatic carbocycles. The molecule has 1 aliphatic heterocycles. The fraction of sp³-hybridized carbons (Fsp3) is 0.348. The summed E-state index contributed by atoms with van der Waals surface area (Å²) >= 11 is 1.71. The highest BCUT2D eigenvalue weighted by Crippen LogP contribution is 2.24. The lowest BCUT2D eigenvalue weighted by Crippen LogP contribution is -2.52. The quantitative estimate of drug-likeness (QED) is 0.638. The summed E-state index contributed by atoms with van der Waals surface area (Å²) in [7, 11) is 0. The van der Waals surface area contributed by atoms with Crippen LogP contribution >= 0.6 is 11.3 Å². The van der Waals surface area contributed by atoms with Crippen molar-refractivity contribution in [1.29, 1.82) is 0 Å². The zero-order valence-corrected chi connectivity index (χ0v) is 17.2. The molecule has 152 valence electrons. The Labute approximate surface area is 175 Å². The van der Waals surface area contributed by atoms with E-state index in [9.17, 15) is 9.50 Å². The Morgan fingerprint density at radius 3 is 2.59 bits per heavy atom. The van der Waals surface area contributed by atoms with E-state index in [1.54, 1.807) is 11.3 Å². The summed E-state index contributed by atoms with van der Waals surface area (Å²) in [6.07, 6.45) is 0.741. The maximum absolute atomic E-state index is 13.2. The van der Waals surface area contributed by atoms with Crippen LogP contribution in [0.15, 0.2) is 60.0 Å². The number of rotatable bonds is 7. The number of halogens is 1. The van der Waals surface area contributed by atoms with E-state index in [-0.39, 0.29) is 18.5 Å². The average molecular weight is 412 g/mol. The third-order valence-electron chi connectivity index (χ3n) is 5.43. The topological polar surface area (TPSA) is 39.6 Å². The first-order valence-electron chi connectivity index (χ1n) is 10.0. The number of piperazine rings is 1. The number of aromatic nitrogens is 1. The fourth-order valence-corrected chi connectivity index (χ4v) is 4.72. The van der Waals surface area contributed by atoms with Gasteiger partial charge in [-0.2, -0.15) is 0 Å². The smallest absolute Gasteiger partial charge is 0.123 e. The molecule has 0 amide bonds. The summed E-state index contributed by atoms with van der Waals surface area (Å²) in [4.78, 5) is 9.64. The van der Waals surface area contributed by atoms with Crippen LogP contribution in [0.4, 0.5) is 4.39 Å². The van der Waals surface area contributed by atoms with Crippen LogP contribution in [-0.4, -0.2) is 52.2 Å². The van der Waals surface area contributed by atoms with Crippen molar-refractivity contribution >= 4 is 11.3 Å². The lowest BCUT2D eigenvalue weighted by molar-refractivity contribution is 0.0499. The Morgan fingerprint density at radius 1 is 1.03 bits per heavy atom. The summed E-state index contributed by atoms with van der Waals surface area (Å²) in [6, 6.07) is 17.3. The predicted molar refractivity (Wildman–Crippen MR) is 115 cm³/mol. The zero-order chi connectivity index (χ0) is 20.1. The van der Waals surface area contributed by atoms with E-state index in [0.717, 1.165) is 61.0 Å². The summed E-state index contributed by atoms with van der Waals surface area (Å²) in [6.45, 7) is 4.59. The highest BCUT2D eigenvalue weighted by molar-refractivity contribution is 7.09. The molecule has 0 aliphatic carbocycles. The molecule has 1 atom stereocenters. The molecule has 1 N–H and O–H groups in total. The number of hydrogen-bond donors (Lipinski definition) is 1. The van der Waals surface area contributed by atoms with Crippen LogP contribution in [0.3, 0.4) is 0 Å². The van der Waals surface area contributed by atoms with E-state index in [1.807, 2.05) is 30.3 Å². The van der Waals surface area contributed by atoms with Crippen molar-refractivity contribution in [1.82, 2.24) is 14.8 Å². The van der Waals surface area contributed by atoms with Crippen molar-refractivity contribution in [3.05, 3.63) is 76.4 Å². The van der Waals surface area contributed by atoms with Gasteiger partial charge in [-0.1, -0.05) is 42.5 Å². The molecule has 4 nitrogen and oxygen atoms in total. The highest BCUT2D eigenvalue weighted by atomic mass is 32.1. The van der Waals surface area contributed by atoms with E-state index < -0.39 is 0 Å². The SMILES string of the molecule is OCC[C@H]1CN(Cc2nc(-c3ccccc3)cs2)CCN1Cc1ccc(F)cc1. The standard InChI is InChI=1S/C23H26FN3OS/c24-20-8-6-18(7-9-20)14-27-12-11-26(15-21(27)10-13-28)16-23-25-22(17-29-23)19-4-2-1-3-5-19/h1-9,17,21,28H,10-16H2/t21-/m0/s1. The summed E-state index contributed by atoms with van der Waals surface area (Å²) in [5, 5.41) is 12.8. The van der Waals surface area contributed by atoms with Gasteiger partial charge < -0.3 is 5.11 Å². The molecule has 0 spiro atoms. The first kappa shape index (κ1) is 20.2. The van der Waals surface area contributed by atoms with Gasteiger partial charge in [-0.25, -0.2) is 9.37 Å². The minimum atomic E-state index is -0.205. The second-order valence-corrected chi connectivity index (χ2v) is 8.43. The molecule has 2 heterocycles. The van der Waals surface area contributed by atoms with Crippen molar-refractivity contribution in [2.75, 3.05) is 26.2 Å². The highest BCUT2D eigenvalue weighted by Gasteiger charge is 2.27. The van der Waals surface area contributed by atoms with E-state index in [4.69, 9.17) is 4.98 Å². The van der Waals surface area contributed by atoms with Gasteiger partial charge in [-0.15, -0.1) is 11.3 Å². The Kier molecular flexibility index (Phi) is 6.67. The van der Waals surface area contributed by atoms with Crippen molar-refractivity contribution < 1.29 is 9.50 Å². The molecule has 1 saturated heterocycles. The maximum Gasteiger partial charge on any atom is 0.123 e. The molecule has 6 heteroatoms. The Bertz CT molecular complexity index is 900. The van der Waals surface area contributed by atoms with Crippen LogP contribution in [0.25, 0.3) is 11.3 Å². The second-order valence-electron chi connectivity index (χ2n) is 7.49. The van der Waals surface area contributed by atoms with Crippen molar-refractivity contribution in [2.24, 2.45) is 0 Å². The second kappa shape index (κ2) is 9.59. The van der Waals surface area contributed by atoms with Gasteiger partial charge >= 0.3 is 0 Å². The Balaban J connectivity index is 1.38. The lowest BCUT2D eigenvalue weighted by atomic mass is 10.1. The third kappa shape index (κ3) is 5.28. The van der Waals surface area contributed by atoms with Gasteiger partial charge in [0.2, 0.25) is 0 Å². The van der Waals surface area contributed by atoms with Crippen LogP contribution < -0.4 is 0 Å². The van der Waals surface area contributed by atoms with Crippen LogP contribution in [-0.2, 0) is 13.1 Å². The molecule has 1 aromatic heterocycles. The minimum absolute atomic E-state index is 0.174. The van der Waals surface area contributed by atoms with Crippen LogP contribution in [0.1, 0.15) is 17.0 Å². The molecule has 0 saturated carbocycles. The molecular formula is C23H26FN3OS. The van der Waals surface area contributed by atoms with Crippen LogP contribution in [0.5, 0.6) is 0 Å². The number of hydrogen-bond acceptors (Lipinski definition) is 5. The third-order valence-corrected chi connectivity index (χ3v) is 6.26. The van der Waals surface area contributed by atoms with E-state index in [1.165, 1.54) is 12.1 Å². The molecule has 0 radical (unpaired) electrons. The zero-order valence-electron chi connectivity index (χ0n) is 16.4. The molecule has 0 unspecified atom stereocenters. The normalized spacial score (nSPS) is 18.2. The number of thiazole rings is 1. The lowest BCUT2D eigenvalue weighted by Gasteiger charge is -2.41. The van der Waals surface area contributed by atoms with Gasteiger partial charge in [0.15, 0.2) is 0 Å². The number of aliphatic hydroxyl groups excluding tert-OH is 1. The van der Waals surface area contributed by atoms with E-state index in [0.29, 0.717) is 0 Å². The first-order chi connectivity index (χ1) is 14.2. The van der Waals surface area contributed by atoms with Gasteiger partial charge in [0.05, 0.1) is 12.2 Å². The Morgan fingerprint density at radius 2 is 1.83 bits per heavy atom. The number of benzene rings is 2. The van der Waals surface area contributed by atoms with Gasteiger partial charge in [0, 0.05) is 49.8 Å². The largest absolute Gasteiger partial charge is 0.396 e. The van der Waals surface area contributed by atoms with Gasteiger partial charge in [-0.05, 0) is 24.1 Å². The van der Waals surface area contributed by atoms with Gasteiger partial charge in [0.25, 0.3) is 0 Å². The molecule has 3 aromatic rings. The number of aliphatic hydroxyl groups is 1. The maximum atomic E-state index is 13.2. The molecular weight excluding hydrogens is 385 g/mol. The monoisotopic (exact) mass is 411 g/mol. The van der Waals surface area contributed by atoms with Crippen molar-refractivity contribution in [2.45, 2.75) is 25.6 Å². The molecule has 29 heavy (non-hydrogen) atoms. The average Bonchev–Trinajstić information content (AvgIpc) is 3.21. The Hall–Kier alpha value is -2.12. The summed E-state index contributed by atoms with van der Waals surface area (Å²) in [5.41, 5.74) is 3.29. The molecule has 1 aliphatic rings. The van der Waals surface area contributed by atoms with Gasteiger partial charge in [0.1, 0.15) is 10.8 Å². The fourth-order valence-electron chi connectivity index (χ4n) is 3.87. The summed E-state index contributed by atoms with van der Waals surface area (Å²) < 4.78 is 13.2. The van der Waals surface area contributed by atoms with Crippen LogP contribution in [0.2, 0.25) is 0 Å². The van der Waals surface area contributed by atoms with Crippen LogP contribution in [0, 0.1) is 5.82 Å². The van der Waals surface area contributed by atoms with Crippen molar-refractivity contribution in [3.63, 3.8) is 0 Å². The predicted octanol–water partition coefficient (Wildman–Crippen LogP) is 4.02. The summed E-state index contributed by atoms with van der Waals surface area (Å²) in [5.74, 6) is -0.205.